The number of allylic oxidation sites excluding steroid dienone is 5. The molecule has 1 saturated carbocycles. The van der Waals surface area contributed by atoms with Crippen LogP contribution in [0.4, 0.5) is 5.69 Å². The molecule has 1 aliphatic carbocycles. The molecule has 160 valence electrons. The second-order valence-corrected chi connectivity index (χ2v) is 7.11. The fourth-order valence-corrected chi connectivity index (χ4v) is 4.10. The number of nitrogens with zero attached hydrogens (tertiary/aromatic N) is 1. The van der Waals surface area contributed by atoms with Gasteiger partial charge in [-0.3, -0.25) is 4.79 Å². The summed E-state index contributed by atoms with van der Waals surface area (Å²) in [5, 5.41) is 3.02. The van der Waals surface area contributed by atoms with Crippen molar-refractivity contribution in [3.63, 3.8) is 0 Å². The Hall–Kier alpha value is -2.49. The molecule has 29 heavy (non-hydrogen) atoms. The Labute approximate surface area is 177 Å². The van der Waals surface area contributed by atoms with Crippen molar-refractivity contribution in [2.45, 2.75) is 33.6 Å². The number of amides is 1. The van der Waals surface area contributed by atoms with Crippen LogP contribution >= 0.6 is 0 Å². The van der Waals surface area contributed by atoms with Gasteiger partial charge in [-0.25, -0.2) is 0 Å². The summed E-state index contributed by atoms with van der Waals surface area (Å²) >= 11 is 0. The Kier molecular flexibility index (Phi) is 11.6. The first kappa shape index (κ1) is 24.5. The van der Waals surface area contributed by atoms with E-state index in [9.17, 15) is 4.79 Å². The second-order valence-electron chi connectivity index (χ2n) is 7.11. The summed E-state index contributed by atoms with van der Waals surface area (Å²) in [6.45, 7) is 11.7. The zero-order valence-electron chi connectivity index (χ0n) is 18.7. The number of hydrogen-bond acceptors (Lipinski definition) is 3. The van der Waals surface area contributed by atoms with E-state index in [0.29, 0.717) is 5.92 Å². The smallest absolute Gasteiger partial charge is 0.209 e. The van der Waals surface area contributed by atoms with Gasteiger partial charge in [-0.15, -0.1) is 0 Å². The number of anilines is 1. The van der Waals surface area contributed by atoms with Crippen molar-refractivity contribution in [2.24, 2.45) is 17.8 Å². The first-order valence-corrected chi connectivity index (χ1v) is 10.6. The van der Waals surface area contributed by atoms with E-state index in [1.807, 2.05) is 62.2 Å². The van der Waals surface area contributed by atoms with Gasteiger partial charge in [0.05, 0.1) is 7.11 Å². The minimum absolute atomic E-state index is 0.681. The van der Waals surface area contributed by atoms with E-state index in [4.69, 9.17) is 4.74 Å². The van der Waals surface area contributed by atoms with Crippen molar-refractivity contribution in [1.29, 1.82) is 0 Å². The van der Waals surface area contributed by atoms with Gasteiger partial charge in [-0.2, -0.15) is 0 Å². The summed E-state index contributed by atoms with van der Waals surface area (Å²) in [6.07, 6.45) is 11.7. The van der Waals surface area contributed by atoms with E-state index in [0.717, 1.165) is 42.8 Å². The Morgan fingerprint density at radius 3 is 2.17 bits per heavy atom. The molecule has 1 saturated heterocycles. The molecule has 1 N–H and O–H groups in total. The van der Waals surface area contributed by atoms with Gasteiger partial charge < -0.3 is 15.0 Å². The van der Waals surface area contributed by atoms with Crippen LogP contribution in [0.5, 0.6) is 5.75 Å². The third-order valence-electron chi connectivity index (χ3n) is 5.54. The van der Waals surface area contributed by atoms with Crippen molar-refractivity contribution in [1.82, 2.24) is 4.90 Å². The van der Waals surface area contributed by atoms with Crippen LogP contribution in [0.25, 0.3) is 0 Å². The van der Waals surface area contributed by atoms with Gasteiger partial charge in [-0.05, 0) is 67.4 Å². The summed E-state index contributed by atoms with van der Waals surface area (Å²) in [5.74, 6) is 3.01. The van der Waals surface area contributed by atoms with Crippen LogP contribution in [-0.4, -0.2) is 38.6 Å². The predicted octanol–water partition coefficient (Wildman–Crippen LogP) is 5.55. The lowest BCUT2D eigenvalue weighted by Crippen LogP contribution is -2.20. The molecule has 1 heterocycles. The number of nitrogens with one attached hydrogen (secondary N) is 1. The summed E-state index contributed by atoms with van der Waals surface area (Å²) in [5.41, 5.74) is 2.53. The minimum Gasteiger partial charge on any atom is -0.497 e. The number of carbonyl (C=O) groups is 1. The molecular formula is C25H38N2O2. The zero-order chi connectivity index (χ0) is 21.6. The largest absolute Gasteiger partial charge is 0.497 e. The van der Waals surface area contributed by atoms with Crippen LogP contribution in [0.15, 0.2) is 60.7 Å². The fourth-order valence-electron chi connectivity index (χ4n) is 4.10. The van der Waals surface area contributed by atoms with Crippen molar-refractivity contribution in [3.8, 4) is 5.75 Å². The maximum Gasteiger partial charge on any atom is 0.209 e. The maximum absolute atomic E-state index is 10.7. The van der Waals surface area contributed by atoms with Crippen LogP contribution in [0.2, 0.25) is 0 Å². The number of methoxy groups -OCH3 is 1. The highest BCUT2D eigenvalue weighted by Crippen LogP contribution is 2.44. The van der Waals surface area contributed by atoms with E-state index in [1.54, 1.807) is 7.11 Å². The average molecular weight is 399 g/mol. The molecule has 1 aliphatic heterocycles. The summed E-state index contributed by atoms with van der Waals surface area (Å²) < 4.78 is 4.99. The van der Waals surface area contributed by atoms with Crippen LogP contribution in [0, 0.1) is 17.8 Å². The molecule has 0 radical (unpaired) electrons. The molecule has 2 atom stereocenters. The average Bonchev–Trinajstić information content (AvgIpc) is 3.35. The van der Waals surface area contributed by atoms with Gasteiger partial charge in [-0.1, -0.05) is 44.7 Å². The Balaban J connectivity index is 0.000000299. The van der Waals surface area contributed by atoms with E-state index >= 15 is 0 Å². The molecule has 0 spiro atoms. The first-order chi connectivity index (χ1) is 14.1. The molecule has 0 aromatic heterocycles. The molecule has 4 heteroatoms. The monoisotopic (exact) mass is 398 g/mol. The highest BCUT2D eigenvalue weighted by molar-refractivity contribution is 5.48. The van der Waals surface area contributed by atoms with Gasteiger partial charge in [0, 0.05) is 25.8 Å². The topological polar surface area (TPSA) is 41.6 Å². The molecule has 4 nitrogen and oxygen atoms in total. The zero-order valence-corrected chi connectivity index (χ0v) is 18.7. The summed E-state index contributed by atoms with van der Waals surface area (Å²) in [6, 6.07) is 7.79. The quantitative estimate of drug-likeness (QED) is 0.504. The summed E-state index contributed by atoms with van der Waals surface area (Å²) in [4.78, 5) is 12.7. The predicted molar refractivity (Wildman–Crippen MR) is 124 cm³/mol. The molecule has 1 amide bonds. The number of ether oxygens (including phenoxy) is 1. The molecule has 1 aromatic carbocycles. The minimum atomic E-state index is 0.681. The molecular weight excluding hydrogens is 360 g/mol. The summed E-state index contributed by atoms with van der Waals surface area (Å²) in [7, 11) is 3.55. The molecule has 2 unspecified atom stereocenters. The Morgan fingerprint density at radius 2 is 1.76 bits per heavy atom. The van der Waals surface area contributed by atoms with Gasteiger partial charge in [0.2, 0.25) is 6.41 Å². The third-order valence-corrected chi connectivity index (χ3v) is 5.54. The van der Waals surface area contributed by atoms with E-state index in [1.165, 1.54) is 18.4 Å². The SMILES string of the molecule is C=C/C=C\C(=C/C)C1CC2CN(C=O)CC2C1.CC.CNc1ccc(OC)cc1. The van der Waals surface area contributed by atoms with E-state index < -0.39 is 0 Å². The van der Waals surface area contributed by atoms with Crippen molar-refractivity contribution < 1.29 is 9.53 Å². The highest BCUT2D eigenvalue weighted by Gasteiger charge is 2.40. The normalized spacial score (nSPS) is 22.7. The van der Waals surface area contributed by atoms with Crippen LogP contribution in [-0.2, 0) is 4.79 Å². The highest BCUT2D eigenvalue weighted by atomic mass is 16.5. The number of likely N-dealkylation sites (tertiary alicyclic amines) is 1. The van der Waals surface area contributed by atoms with Crippen LogP contribution in [0.1, 0.15) is 33.6 Å². The van der Waals surface area contributed by atoms with E-state index in [-0.39, 0.29) is 0 Å². The van der Waals surface area contributed by atoms with Crippen LogP contribution < -0.4 is 10.1 Å². The Morgan fingerprint density at radius 1 is 1.17 bits per heavy atom. The fraction of sp³-hybridized carbons (Fsp3) is 0.480. The lowest BCUT2D eigenvalue weighted by Gasteiger charge is -2.15. The van der Waals surface area contributed by atoms with Gasteiger partial charge in [0.15, 0.2) is 0 Å². The standard InChI is InChI=1S/C15H21NO.C8H11NO.C2H6/c1-3-5-6-12(4-2)13-7-14-9-16(11-17)10-15(14)8-13;1-9-7-3-5-8(10-2)6-4-7;1-2/h3-6,11,13-15H,1,7-10H2,2H3;3-6,9H,1-2H3;1-2H3/b6-5-,12-4+;;. The molecule has 3 rings (SSSR count). The number of carbonyl (C=O) groups excluding carboxylic acids is 1. The van der Waals surface area contributed by atoms with E-state index in [2.05, 4.69) is 31.0 Å². The third kappa shape index (κ3) is 7.45. The van der Waals surface area contributed by atoms with Crippen molar-refractivity contribution in [2.75, 3.05) is 32.6 Å². The van der Waals surface area contributed by atoms with Crippen molar-refractivity contribution >= 4 is 12.1 Å². The molecule has 2 aliphatic rings. The number of benzene rings is 1. The second kappa shape index (κ2) is 13.6. The molecule has 2 fully saturated rings. The Bertz CT molecular complexity index is 627. The first-order valence-electron chi connectivity index (χ1n) is 10.6. The lowest BCUT2D eigenvalue weighted by atomic mass is 9.95. The number of fused-ring (bicyclic) bond motifs is 1. The lowest BCUT2D eigenvalue weighted by molar-refractivity contribution is -0.117. The van der Waals surface area contributed by atoms with Gasteiger partial charge >= 0.3 is 0 Å². The number of rotatable bonds is 6. The van der Waals surface area contributed by atoms with Crippen molar-refractivity contribution in [3.05, 3.63) is 60.7 Å². The maximum atomic E-state index is 10.7. The van der Waals surface area contributed by atoms with Gasteiger partial charge in [0.25, 0.3) is 0 Å². The molecule has 0 bridgehead atoms. The molecule has 1 aromatic rings. The van der Waals surface area contributed by atoms with Gasteiger partial charge in [0.1, 0.15) is 5.75 Å². The number of hydrogen-bond donors (Lipinski definition) is 1. The van der Waals surface area contributed by atoms with Crippen LogP contribution in [0.3, 0.4) is 0 Å².